The largest absolute Gasteiger partial charge is 0.312 e. The van der Waals surface area contributed by atoms with Crippen molar-refractivity contribution in [2.45, 2.75) is 364 Å². The van der Waals surface area contributed by atoms with Gasteiger partial charge < -0.3 is 10.6 Å². The number of unbranched alkanes of at least 4 members (excludes halogenated alkanes) is 17. The van der Waals surface area contributed by atoms with Crippen molar-refractivity contribution in [2.75, 3.05) is 13.1 Å². The number of hydrogen-bond acceptors (Lipinski definition) is 10. The number of nitrogens with one attached hydrogen (secondary N) is 2. The zero-order valence-electron chi connectivity index (χ0n) is 62.6. The molecule has 0 aliphatic rings. The molecule has 0 bridgehead atoms. The molecule has 89 heavy (non-hydrogen) atoms. The molecule has 4 aromatic heterocycles. The zero-order valence-corrected chi connectivity index (χ0v) is 62.6. The van der Waals surface area contributed by atoms with Gasteiger partial charge >= 0.3 is 0 Å². The van der Waals surface area contributed by atoms with Crippen LogP contribution in [0.4, 0.5) is 0 Å². The summed E-state index contributed by atoms with van der Waals surface area (Å²) < 4.78 is 7.97. The molecule has 0 aliphatic carbocycles. The van der Waals surface area contributed by atoms with Crippen LogP contribution in [-0.2, 0) is 51.9 Å². The molecule has 0 saturated heterocycles. The molecule has 0 aromatic carbocycles. The first-order chi connectivity index (χ1) is 41.1. The maximum absolute atomic E-state index is 4.29. The highest BCUT2D eigenvalue weighted by Crippen LogP contribution is 2.23. The van der Waals surface area contributed by atoms with E-state index in [0.29, 0.717) is 0 Å². The van der Waals surface area contributed by atoms with Crippen LogP contribution in [0.5, 0.6) is 0 Å². The van der Waals surface area contributed by atoms with Gasteiger partial charge in [-0.25, -0.2) is 0 Å². The van der Waals surface area contributed by atoms with E-state index >= 15 is 0 Å². The van der Waals surface area contributed by atoms with Gasteiger partial charge in [0.25, 0.3) is 0 Å². The SMILES string of the molecule is CC(C)(C)C#CCCCCCCn1cc(CC(C)(C)C)nn1.CC(C)(C)C#CCCCCCn1cc(CC(C)(C)C)nn1.CC(C)(C)Cc1cn(CCCCCCCCCCNC(C)(C)C)nn1.CC(C)(C)Cc1cn(CCCCCCNC(C)(C)C)nn1. The summed E-state index contributed by atoms with van der Waals surface area (Å²) >= 11 is 0. The van der Waals surface area contributed by atoms with Gasteiger partial charge in [-0.2, -0.15) is 0 Å². The Bertz CT molecular complexity index is 2510. The normalized spacial score (nSPS) is 12.4. The fourth-order valence-electron chi connectivity index (χ4n) is 9.59. The highest BCUT2D eigenvalue weighted by atomic mass is 15.4. The first-order valence-electron chi connectivity index (χ1n) is 35.2. The Kier molecular flexibility index (Phi) is 38.9. The van der Waals surface area contributed by atoms with Crippen molar-refractivity contribution in [1.29, 1.82) is 0 Å². The van der Waals surface area contributed by atoms with Crippen LogP contribution in [0, 0.1) is 56.2 Å². The standard InChI is InChI=1S/C21H42N4.C19H33N3.C18H31N3.C17H34N4/c1-20(2,3)17-19-18-25(24-23-19)16-14-12-10-8-7-9-11-13-15-22-21(4,5)6;1-18(2,3)13-11-9-7-8-10-12-14-22-16-17(20-21-22)15-19(4,5)6;1-17(2,3)12-10-8-7-9-11-13-21-15-16(19-20-21)14-18(4,5)6;1-16(2,3)13-15-14-21(20-19-15)12-10-8-7-9-11-18-17(4,5)6/h18,22H,7-17H2,1-6H3;16H,7-10,12,14-15H2,1-6H3;15H,7-9,11,13-14H2,1-6H3;14,18H,7-13H2,1-6H3. The molecule has 4 aromatic rings. The Hall–Kier alpha value is -4.40. The second-order valence-electron chi connectivity index (χ2n) is 34.5. The molecule has 0 fully saturated rings. The highest BCUT2D eigenvalue weighted by Gasteiger charge is 2.18. The average molecular weight is 1240 g/mol. The lowest BCUT2D eigenvalue weighted by Gasteiger charge is -2.20. The van der Waals surface area contributed by atoms with Gasteiger partial charge in [-0.05, 0) is 195 Å². The van der Waals surface area contributed by atoms with Gasteiger partial charge in [0.15, 0.2) is 0 Å². The first-order valence-corrected chi connectivity index (χ1v) is 35.2. The third kappa shape index (κ3) is 55.0. The van der Waals surface area contributed by atoms with Gasteiger partial charge in [0, 0.05) is 85.7 Å². The molecule has 0 atom stereocenters. The minimum absolute atomic E-state index is 0.129. The summed E-state index contributed by atoms with van der Waals surface area (Å²) in [5.41, 5.74) is 6.30. The molecule has 0 radical (unpaired) electrons. The lowest BCUT2D eigenvalue weighted by Crippen LogP contribution is -2.36. The Labute approximate surface area is 548 Å². The van der Waals surface area contributed by atoms with E-state index in [9.17, 15) is 0 Å². The first kappa shape index (κ1) is 82.6. The molecule has 2 N–H and O–H groups in total. The molecule has 0 aliphatic heterocycles. The van der Waals surface area contributed by atoms with Crippen LogP contribution < -0.4 is 10.6 Å². The minimum atomic E-state index is 0.129. The maximum atomic E-state index is 4.29. The second-order valence-corrected chi connectivity index (χ2v) is 34.5. The molecule has 4 heterocycles. The highest BCUT2D eigenvalue weighted by molar-refractivity contribution is 5.08. The summed E-state index contributed by atoms with van der Waals surface area (Å²) in [6.07, 6.45) is 38.5. The van der Waals surface area contributed by atoms with E-state index in [1.807, 2.05) is 18.7 Å². The fraction of sp³-hybridized carbons (Fsp3) is 0.840. The van der Waals surface area contributed by atoms with E-state index in [1.165, 1.54) is 116 Å². The molecule has 0 saturated carbocycles. The van der Waals surface area contributed by atoms with E-state index in [-0.39, 0.29) is 43.6 Å². The minimum Gasteiger partial charge on any atom is -0.312 e. The van der Waals surface area contributed by atoms with Crippen molar-refractivity contribution in [3.63, 3.8) is 0 Å². The van der Waals surface area contributed by atoms with E-state index in [0.717, 1.165) is 107 Å². The van der Waals surface area contributed by atoms with Crippen molar-refractivity contribution < 1.29 is 0 Å². The maximum Gasteiger partial charge on any atom is 0.0832 e. The summed E-state index contributed by atoms with van der Waals surface area (Å²) in [5, 5.41) is 41.0. The van der Waals surface area contributed by atoms with Crippen LogP contribution in [0.15, 0.2) is 24.8 Å². The number of hydrogen-bond donors (Lipinski definition) is 2. The molecule has 0 unspecified atom stereocenters. The van der Waals surface area contributed by atoms with Gasteiger partial charge in [-0.1, -0.05) is 186 Å². The van der Waals surface area contributed by atoms with Gasteiger partial charge in [-0.15, -0.1) is 32.2 Å². The van der Waals surface area contributed by atoms with E-state index in [1.54, 1.807) is 0 Å². The summed E-state index contributed by atoms with van der Waals surface area (Å²) in [5.74, 6) is 13.1. The van der Waals surface area contributed by atoms with Gasteiger partial charge in [0.05, 0.1) is 22.8 Å². The molecular formula is C75H140N14. The third-order valence-corrected chi connectivity index (χ3v) is 13.7. The molecule has 510 valence electrons. The Morgan fingerprint density at radius 2 is 0.506 bits per heavy atom. The van der Waals surface area contributed by atoms with Crippen molar-refractivity contribution in [3.05, 3.63) is 47.6 Å². The number of aryl methyl sites for hydroxylation is 4. The smallest absolute Gasteiger partial charge is 0.0832 e. The molecule has 14 nitrogen and oxygen atoms in total. The lowest BCUT2D eigenvalue weighted by molar-refractivity contribution is 0.405. The predicted molar refractivity (Wildman–Crippen MR) is 380 cm³/mol. The van der Waals surface area contributed by atoms with Crippen LogP contribution in [0.2, 0.25) is 0 Å². The van der Waals surface area contributed by atoms with Gasteiger partial charge in [0.1, 0.15) is 0 Å². The monoisotopic (exact) mass is 1240 g/mol. The van der Waals surface area contributed by atoms with Crippen molar-refractivity contribution >= 4 is 0 Å². The quantitative estimate of drug-likeness (QED) is 0.0349. The summed E-state index contributed by atoms with van der Waals surface area (Å²) in [7, 11) is 0. The van der Waals surface area contributed by atoms with Gasteiger partial charge in [0.2, 0.25) is 0 Å². The van der Waals surface area contributed by atoms with Crippen molar-refractivity contribution in [1.82, 2.24) is 70.6 Å². The Balaban J connectivity index is 0.000000595. The van der Waals surface area contributed by atoms with E-state index < -0.39 is 0 Å². The van der Waals surface area contributed by atoms with Crippen LogP contribution in [0.25, 0.3) is 0 Å². The number of nitrogens with zero attached hydrogens (tertiary/aromatic N) is 12. The Morgan fingerprint density at radius 3 is 0.730 bits per heavy atom. The topological polar surface area (TPSA) is 147 Å². The fourth-order valence-corrected chi connectivity index (χ4v) is 9.59. The van der Waals surface area contributed by atoms with Crippen LogP contribution in [-0.4, -0.2) is 84.1 Å². The third-order valence-electron chi connectivity index (χ3n) is 13.7. The van der Waals surface area contributed by atoms with Gasteiger partial charge in [-0.3, -0.25) is 18.7 Å². The van der Waals surface area contributed by atoms with E-state index in [2.05, 4.69) is 267 Å². The summed E-state index contributed by atoms with van der Waals surface area (Å²) in [6, 6.07) is 0. The van der Waals surface area contributed by atoms with Crippen LogP contribution >= 0.6 is 0 Å². The van der Waals surface area contributed by atoms with Crippen LogP contribution in [0.1, 0.15) is 324 Å². The summed E-state index contributed by atoms with van der Waals surface area (Å²) in [4.78, 5) is 0. The number of rotatable bonds is 33. The van der Waals surface area contributed by atoms with E-state index in [4.69, 9.17) is 0 Å². The van der Waals surface area contributed by atoms with Crippen LogP contribution in [0.3, 0.4) is 0 Å². The van der Waals surface area contributed by atoms with Crippen molar-refractivity contribution in [2.24, 2.45) is 32.5 Å². The molecule has 14 heteroatoms. The molecule has 4 rings (SSSR count). The molecule has 0 amide bonds. The molecule has 0 spiro atoms. The van der Waals surface area contributed by atoms with Crippen molar-refractivity contribution in [3.8, 4) is 23.7 Å². The Morgan fingerprint density at radius 1 is 0.292 bits per heavy atom. The second kappa shape index (κ2) is 42.0. The average Bonchev–Trinajstić information content (AvgIpc) is 4.39. The predicted octanol–water partition coefficient (Wildman–Crippen LogP) is 18.5. The molecular weight excluding hydrogens is 1100 g/mol. The summed E-state index contributed by atoms with van der Waals surface area (Å²) in [6.45, 7) is 59.3. The lowest BCUT2D eigenvalue weighted by atomic mass is 9.91. The number of aromatic nitrogens is 12. The zero-order chi connectivity index (χ0) is 67.3.